The molecule has 0 radical (unpaired) electrons. The number of carbonyl (C=O) groups is 1. The molecule has 1 nitrogen and oxygen atoms in total. The average molecular weight is 189 g/mol. The van der Waals surface area contributed by atoms with Gasteiger partial charge in [-0.25, -0.2) is 0 Å². The number of thiol groups is 1. The maximum atomic E-state index is 10.9. The molecular weight excluding hydrogens is 179 g/mol. The van der Waals surface area contributed by atoms with Crippen LogP contribution in [0.15, 0.2) is 23.1 Å². The van der Waals surface area contributed by atoms with E-state index in [9.17, 15) is 4.79 Å². The molecule has 0 atom stereocenters. The van der Waals surface area contributed by atoms with Crippen molar-refractivity contribution in [2.45, 2.75) is 18.7 Å². The molecule has 0 aromatic heterocycles. The summed E-state index contributed by atoms with van der Waals surface area (Å²) >= 11 is 4.20. The van der Waals surface area contributed by atoms with Crippen LogP contribution in [0.1, 0.15) is 22.8 Å². The van der Waals surface area contributed by atoms with Gasteiger partial charge in [-0.15, -0.1) is 12.6 Å². The molecule has 0 bridgehead atoms. The Morgan fingerprint density at radius 1 is 1.42 bits per heavy atom. The fourth-order valence-corrected chi connectivity index (χ4v) is 1.01. The first-order valence-corrected chi connectivity index (χ1v) is 3.86. The van der Waals surface area contributed by atoms with Gasteiger partial charge in [0.2, 0.25) is 0 Å². The van der Waals surface area contributed by atoms with Crippen molar-refractivity contribution in [2.75, 3.05) is 0 Å². The van der Waals surface area contributed by atoms with Gasteiger partial charge in [0.1, 0.15) is 0 Å². The summed E-state index contributed by atoms with van der Waals surface area (Å²) in [5.74, 6) is 0.0985. The molecule has 1 aromatic carbocycles. The third-order valence-corrected chi connectivity index (χ3v) is 2.11. The fourth-order valence-electron chi connectivity index (χ4n) is 0.874. The van der Waals surface area contributed by atoms with Crippen LogP contribution in [0.2, 0.25) is 0 Å². The van der Waals surface area contributed by atoms with Crippen molar-refractivity contribution in [3.05, 3.63) is 29.3 Å². The Labute approximate surface area is 100 Å². The summed E-state index contributed by atoms with van der Waals surface area (Å²) < 4.78 is 0. The second-order valence-corrected chi connectivity index (χ2v) is 3.04. The van der Waals surface area contributed by atoms with E-state index in [0.29, 0.717) is 0 Å². The van der Waals surface area contributed by atoms with Crippen molar-refractivity contribution >= 4 is 18.4 Å². The Hall–Kier alpha value is 0.240. The van der Waals surface area contributed by atoms with Gasteiger partial charge >= 0.3 is 29.6 Å². The van der Waals surface area contributed by atoms with E-state index in [1.807, 2.05) is 19.1 Å². The number of benzene rings is 1. The molecule has 0 unspecified atom stereocenters. The molecule has 0 fully saturated rings. The van der Waals surface area contributed by atoms with Crippen LogP contribution >= 0.6 is 12.6 Å². The Morgan fingerprint density at radius 2 is 2.00 bits per heavy atom. The van der Waals surface area contributed by atoms with E-state index in [4.69, 9.17) is 0 Å². The van der Waals surface area contributed by atoms with E-state index in [2.05, 4.69) is 12.6 Å². The van der Waals surface area contributed by atoms with Crippen LogP contribution < -0.4 is 29.6 Å². The number of rotatable bonds is 1. The average Bonchev–Trinajstić information content (AvgIpc) is 1.94. The summed E-state index contributed by atoms with van der Waals surface area (Å²) in [7, 11) is 0. The molecular formula is C9H10NaOS+. The van der Waals surface area contributed by atoms with Gasteiger partial charge < -0.3 is 0 Å². The van der Waals surface area contributed by atoms with Crippen molar-refractivity contribution in [1.82, 2.24) is 0 Å². The van der Waals surface area contributed by atoms with Gasteiger partial charge in [0.25, 0.3) is 0 Å². The Morgan fingerprint density at radius 3 is 2.42 bits per heavy atom. The van der Waals surface area contributed by atoms with Gasteiger partial charge in [0.05, 0.1) is 0 Å². The van der Waals surface area contributed by atoms with Gasteiger partial charge in [0.15, 0.2) is 5.78 Å². The predicted octanol–water partition coefficient (Wildman–Crippen LogP) is -0.510. The Kier molecular flexibility index (Phi) is 5.18. The molecule has 12 heavy (non-hydrogen) atoms. The quantitative estimate of drug-likeness (QED) is 0.358. The van der Waals surface area contributed by atoms with E-state index < -0.39 is 0 Å². The van der Waals surface area contributed by atoms with Crippen LogP contribution in [0.4, 0.5) is 0 Å². The standard InChI is InChI=1S/C9H10OS.Na/c1-6-5-8(7(2)10)3-4-9(6)11;/h3-5,11H,1-2H3;/q;+1. The second kappa shape index (κ2) is 5.07. The minimum Gasteiger partial charge on any atom is -0.295 e. The van der Waals surface area contributed by atoms with Crippen LogP contribution in [0.25, 0.3) is 0 Å². The van der Waals surface area contributed by atoms with Crippen LogP contribution in [-0.2, 0) is 0 Å². The summed E-state index contributed by atoms with van der Waals surface area (Å²) in [4.78, 5) is 11.8. The van der Waals surface area contributed by atoms with Gasteiger partial charge in [-0.05, 0) is 31.5 Å². The first-order valence-electron chi connectivity index (χ1n) is 3.42. The maximum Gasteiger partial charge on any atom is 1.00 e. The minimum atomic E-state index is 0. The molecule has 0 heterocycles. The van der Waals surface area contributed by atoms with Crippen molar-refractivity contribution in [1.29, 1.82) is 0 Å². The molecule has 1 aromatic rings. The van der Waals surface area contributed by atoms with Gasteiger partial charge in [-0.2, -0.15) is 0 Å². The van der Waals surface area contributed by atoms with Crippen molar-refractivity contribution < 1.29 is 34.4 Å². The number of aryl methyl sites for hydroxylation is 1. The normalized spacial score (nSPS) is 8.92. The summed E-state index contributed by atoms with van der Waals surface area (Å²) in [5.41, 5.74) is 1.79. The molecule has 0 N–H and O–H groups in total. The van der Waals surface area contributed by atoms with E-state index >= 15 is 0 Å². The molecule has 0 spiro atoms. The van der Waals surface area contributed by atoms with Crippen molar-refractivity contribution in [3.63, 3.8) is 0 Å². The third-order valence-electron chi connectivity index (χ3n) is 1.60. The summed E-state index contributed by atoms with van der Waals surface area (Å²) in [6.45, 7) is 3.50. The SMILES string of the molecule is CC(=O)c1ccc(S)c(C)c1.[Na+]. The molecule has 0 amide bonds. The third kappa shape index (κ3) is 2.94. The zero-order chi connectivity index (χ0) is 8.43. The molecule has 0 saturated carbocycles. The number of Topliss-reactive ketones (excluding diaryl/α,β-unsaturated/α-hetero) is 1. The summed E-state index contributed by atoms with van der Waals surface area (Å²) in [6.07, 6.45) is 0. The monoisotopic (exact) mass is 189 g/mol. The zero-order valence-electron chi connectivity index (χ0n) is 7.59. The molecule has 1 rings (SSSR count). The first-order chi connectivity index (χ1) is 5.11. The van der Waals surface area contributed by atoms with E-state index in [1.54, 1.807) is 13.0 Å². The largest absolute Gasteiger partial charge is 1.00 e. The van der Waals surface area contributed by atoms with E-state index in [0.717, 1.165) is 16.0 Å². The molecule has 3 heteroatoms. The van der Waals surface area contributed by atoms with Gasteiger partial charge in [0, 0.05) is 10.5 Å². The number of carbonyl (C=O) groups excluding carboxylic acids is 1. The minimum absolute atomic E-state index is 0. The Bertz CT molecular complexity index is 297. The molecule has 0 aliphatic rings. The van der Waals surface area contributed by atoms with Crippen LogP contribution in [0.3, 0.4) is 0 Å². The number of hydrogen-bond acceptors (Lipinski definition) is 2. The topological polar surface area (TPSA) is 17.1 Å². The van der Waals surface area contributed by atoms with Crippen molar-refractivity contribution in [2.24, 2.45) is 0 Å². The van der Waals surface area contributed by atoms with Crippen LogP contribution in [0, 0.1) is 6.92 Å². The zero-order valence-corrected chi connectivity index (χ0v) is 10.5. The predicted molar refractivity (Wildman–Crippen MR) is 48.4 cm³/mol. The number of hydrogen-bond donors (Lipinski definition) is 1. The van der Waals surface area contributed by atoms with E-state index in [1.165, 1.54) is 0 Å². The van der Waals surface area contributed by atoms with Crippen molar-refractivity contribution in [3.8, 4) is 0 Å². The van der Waals surface area contributed by atoms with Crippen LogP contribution in [0.5, 0.6) is 0 Å². The number of ketones is 1. The van der Waals surface area contributed by atoms with Gasteiger partial charge in [-0.3, -0.25) is 4.79 Å². The molecule has 0 aliphatic carbocycles. The maximum absolute atomic E-state index is 10.9. The van der Waals surface area contributed by atoms with Gasteiger partial charge in [-0.1, -0.05) is 6.07 Å². The summed E-state index contributed by atoms with van der Waals surface area (Å²) in [5, 5.41) is 0. The second-order valence-electron chi connectivity index (χ2n) is 2.56. The first kappa shape index (κ1) is 12.2. The van der Waals surface area contributed by atoms with Crippen LogP contribution in [-0.4, -0.2) is 5.78 Å². The summed E-state index contributed by atoms with van der Waals surface area (Å²) in [6, 6.07) is 5.48. The smallest absolute Gasteiger partial charge is 0.295 e. The van der Waals surface area contributed by atoms with E-state index in [-0.39, 0.29) is 35.3 Å². The fraction of sp³-hybridized carbons (Fsp3) is 0.222. The molecule has 0 aliphatic heterocycles. The molecule has 0 saturated heterocycles. The Balaban J connectivity index is 0.00000121. The molecule has 58 valence electrons.